The van der Waals surface area contributed by atoms with E-state index in [2.05, 4.69) is 10.3 Å². The van der Waals surface area contributed by atoms with Gasteiger partial charge in [-0.1, -0.05) is 30.4 Å². The van der Waals surface area contributed by atoms with E-state index < -0.39 is 0 Å². The van der Waals surface area contributed by atoms with Crippen LogP contribution in [0.1, 0.15) is 22.5 Å². The number of aromatic nitrogens is 1. The van der Waals surface area contributed by atoms with Crippen LogP contribution in [-0.4, -0.2) is 16.9 Å². The first kappa shape index (κ1) is 15.9. The zero-order chi connectivity index (χ0) is 16.8. The van der Waals surface area contributed by atoms with E-state index in [9.17, 15) is 9.18 Å². The van der Waals surface area contributed by atoms with E-state index in [-0.39, 0.29) is 24.4 Å². The van der Waals surface area contributed by atoms with Crippen LogP contribution in [0, 0.1) is 5.82 Å². The van der Waals surface area contributed by atoms with Crippen LogP contribution in [0.5, 0.6) is 5.75 Å². The molecule has 0 saturated carbocycles. The van der Waals surface area contributed by atoms with Gasteiger partial charge in [0.05, 0.1) is 17.3 Å². The second-order valence-electron chi connectivity index (χ2n) is 5.41. The molecule has 1 atom stereocenters. The number of amides is 1. The van der Waals surface area contributed by atoms with Gasteiger partial charge in [0.25, 0.3) is 5.91 Å². The monoisotopic (exact) mass is 324 g/mol. The summed E-state index contributed by atoms with van der Waals surface area (Å²) in [6.07, 6.45) is 10.1. The molecule has 1 aromatic heterocycles. The van der Waals surface area contributed by atoms with Crippen molar-refractivity contribution in [3.05, 3.63) is 84.0 Å². The SMILES string of the molecule is O=C(N[C@H]1C=CC=CC1)c1ccc(COc2cccc(F)c2)nc1. The Kier molecular flexibility index (Phi) is 5.01. The van der Waals surface area contributed by atoms with E-state index in [1.165, 1.54) is 18.3 Å². The zero-order valence-corrected chi connectivity index (χ0v) is 13.0. The van der Waals surface area contributed by atoms with Gasteiger partial charge < -0.3 is 10.1 Å². The van der Waals surface area contributed by atoms with Crippen molar-refractivity contribution in [3.63, 3.8) is 0 Å². The molecule has 1 aliphatic carbocycles. The topological polar surface area (TPSA) is 51.2 Å². The summed E-state index contributed by atoms with van der Waals surface area (Å²) in [5, 5.41) is 2.93. The number of carbonyl (C=O) groups is 1. The number of pyridine rings is 1. The number of ether oxygens (including phenoxy) is 1. The van der Waals surface area contributed by atoms with Crippen molar-refractivity contribution in [2.24, 2.45) is 0 Å². The quantitative estimate of drug-likeness (QED) is 0.917. The summed E-state index contributed by atoms with van der Waals surface area (Å²) in [6, 6.07) is 9.37. The fourth-order valence-corrected chi connectivity index (χ4v) is 2.30. The summed E-state index contributed by atoms with van der Waals surface area (Å²) in [5.41, 5.74) is 1.16. The van der Waals surface area contributed by atoms with Gasteiger partial charge in [0, 0.05) is 12.3 Å². The molecule has 1 aliphatic rings. The van der Waals surface area contributed by atoms with Gasteiger partial charge in [-0.15, -0.1) is 0 Å². The van der Waals surface area contributed by atoms with Gasteiger partial charge in [0.1, 0.15) is 18.2 Å². The Hall–Kier alpha value is -2.95. The number of nitrogens with zero attached hydrogens (tertiary/aromatic N) is 1. The Bertz CT molecular complexity index is 769. The van der Waals surface area contributed by atoms with Crippen LogP contribution in [0.2, 0.25) is 0 Å². The molecule has 122 valence electrons. The Morgan fingerprint density at radius 2 is 2.21 bits per heavy atom. The van der Waals surface area contributed by atoms with E-state index >= 15 is 0 Å². The molecule has 2 aromatic rings. The number of hydrogen-bond donors (Lipinski definition) is 1. The lowest BCUT2D eigenvalue weighted by Crippen LogP contribution is -2.33. The van der Waals surface area contributed by atoms with Crippen molar-refractivity contribution in [3.8, 4) is 5.75 Å². The van der Waals surface area contributed by atoms with E-state index in [4.69, 9.17) is 4.74 Å². The number of halogens is 1. The van der Waals surface area contributed by atoms with Crippen LogP contribution in [-0.2, 0) is 6.61 Å². The lowest BCUT2D eigenvalue weighted by Gasteiger charge is -2.15. The summed E-state index contributed by atoms with van der Waals surface area (Å²) in [5.74, 6) is -0.0695. The van der Waals surface area contributed by atoms with Crippen LogP contribution in [0.15, 0.2) is 66.9 Å². The largest absolute Gasteiger partial charge is 0.487 e. The molecule has 3 rings (SSSR count). The molecule has 5 heteroatoms. The van der Waals surface area contributed by atoms with Gasteiger partial charge in [-0.25, -0.2) is 4.39 Å². The fraction of sp³-hybridized carbons (Fsp3) is 0.158. The summed E-state index contributed by atoms with van der Waals surface area (Å²) in [6.45, 7) is 0.210. The highest BCUT2D eigenvalue weighted by Gasteiger charge is 2.12. The number of hydrogen-bond acceptors (Lipinski definition) is 3. The van der Waals surface area contributed by atoms with Crippen LogP contribution >= 0.6 is 0 Å². The van der Waals surface area contributed by atoms with Crippen molar-refractivity contribution >= 4 is 5.91 Å². The number of rotatable bonds is 5. The van der Waals surface area contributed by atoms with Gasteiger partial charge in [0.2, 0.25) is 0 Å². The van der Waals surface area contributed by atoms with Gasteiger partial charge in [-0.3, -0.25) is 9.78 Å². The Morgan fingerprint density at radius 1 is 1.29 bits per heavy atom. The lowest BCUT2D eigenvalue weighted by atomic mass is 10.1. The molecule has 1 amide bonds. The second-order valence-corrected chi connectivity index (χ2v) is 5.41. The molecule has 0 radical (unpaired) electrons. The van der Waals surface area contributed by atoms with Gasteiger partial charge in [-0.05, 0) is 30.7 Å². The van der Waals surface area contributed by atoms with Crippen molar-refractivity contribution in [2.45, 2.75) is 19.1 Å². The smallest absolute Gasteiger partial charge is 0.253 e. The zero-order valence-electron chi connectivity index (χ0n) is 13.0. The molecule has 0 spiro atoms. The second kappa shape index (κ2) is 7.55. The maximum absolute atomic E-state index is 13.1. The van der Waals surface area contributed by atoms with Crippen molar-refractivity contribution in [2.75, 3.05) is 0 Å². The highest BCUT2D eigenvalue weighted by Crippen LogP contribution is 2.14. The fourth-order valence-electron chi connectivity index (χ4n) is 2.30. The average Bonchev–Trinajstić information content (AvgIpc) is 2.61. The third-order valence-electron chi connectivity index (χ3n) is 3.57. The van der Waals surface area contributed by atoms with Crippen molar-refractivity contribution < 1.29 is 13.9 Å². The minimum Gasteiger partial charge on any atom is -0.487 e. The highest BCUT2D eigenvalue weighted by molar-refractivity contribution is 5.94. The molecular weight excluding hydrogens is 307 g/mol. The highest BCUT2D eigenvalue weighted by atomic mass is 19.1. The summed E-state index contributed by atoms with van der Waals surface area (Å²) in [7, 11) is 0. The molecule has 1 aromatic carbocycles. The molecule has 0 bridgehead atoms. The molecule has 0 unspecified atom stereocenters. The molecular formula is C19H17FN2O2. The van der Waals surface area contributed by atoms with E-state index in [1.807, 2.05) is 24.3 Å². The van der Waals surface area contributed by atoms with Gasteiger partial charge >= 0.3 is 0 Å². The van der Waals surface area contributed by atoms with E-state index in [0.717, 1.165) is 6.42 Å². The first-order chi connectivity index (χ1) is 11.7. The molecule has 1 N–H and O–H groups in total. The van der Waals surface area contributed by atoms with Crippen molar-refractivity contribution in [1.29, 1.82) is 0 Å². The first-order valence-electron chi connectivity index (χ1n) is 7.68. The predicted molar refractivity (Wildman–Crippen MR) is 89.1 cm³/mol. The predicted octanol–water partition coefficient (Wildman–Crippen LogP) is 3.41. The maximum Gasteiger partial charge on any atom is 0.253 e. The number of carbonyl (C=O) groups excluding carboxylic acids is 1. The normalized spacial score (nSPS) is 16.0. The third kappa shape index (κ3) is 4.29. The molecule has 24 heavy (non-hydrogen) atoms. The minimum absolute atomic E-state index is 0.0125. The molecule has 1 heterocycles. The lowest BCUT2D eigenvalue weighted by molar-refractivity contribution is 0.0944. The first-order valence-corrected chi connectivity index (χ1v) is 7.68. The molecule has 0 aliphatic heterocycles. The minimum atomic E-state index is -0.348. The molecule has 0 fully saturated rings. The Balaban J connectivity index is 1.55. The third-order valence-corrected chi connectivity index (χ3v) is 3.57. The van der Waals surface area contributed by atoms with E-state index in [1.54, 1.807) is 24.3 Å². The van der Waals surface area contributed by atoms with E-state index in [0.29, 0.717) is 17.0 Å². The van der Waals surface area contributed by atoms with Gasteiger partial charge in [0.15, 0.2) is 0 Å². The average molecular weight is 324 g/mol. The summed E-state index contributed by atoms with van der Waals surface area (Å²) in [4.78, 5) is 16.4. The number of allylic oxidation sites excluding steroid dienone is 2. The summed E-state index contributed by atoms with van der Waals surface area (Å²) >= 11 is 0. The Morgan fingerprint density at radius 3 is 2.92 bits per heavy atom. The molecule has 4 nitrogen and oxygen atoms in total. The van der Waals surface area contributed by atoms with Crippen LogP contribution in [0.3, 0.4) is 0 Å². The Labute approximate surface area is 139 Å². The van der Waals surface area contributed by atoms with Crippen LogP contribution < -0.4 is 10.1 Å². The number of benzene rings is 1. The molecule has 0 saturated heterocycles. The van der Waals surface area contributed by atoms with Crippen LogP contribution in [0.25, 0.3) is 0 Å². The maximum atomic E-state index is 13.1. The number of nitrogens with one attached hydrogen (secondary N) is 1. The van der Waals surface area contributed by atoms with Crippen molar-refractivity contribution in [1.82, 2.24) is 10.3 Å². The standard InChI is InChI=1S/C19H17FN2O2/c20-15-5-4-8-18(11-15)24-13-17-10-9-14(12-21-17)19(23)22-16-6-2-1-3-7-16/h1-6,8-12,16H,7,13H2,(H,22,23)/t16-/m0/s1. The summed E-state index contributed by atoms with van der Waals surface area (Å²) < 4.78 is 18.6. The van der Waals surface area contributed by atoms with Crippen LogP contribution in [0.4, 0.5) is 4.39 Å². The van der Waals surface area contributed by atoms with Gasteiger partial charge in [-0.2, -0.15) is 0 Å².